The minimum atomic E-state index is -1.10. The number of carboxylic acid groups (broad SMARTS) is 1. The lowest BCUT2D eigenvalue weighted by atomic mass is 10.1. The Balaban J connectivity index is 2.40. The van der Waals surface area contributed by atoms with Gasteiger partial charge in [-0.1, -0.05) is 13.0 Å². The van der Waals surface area contributed by atoms with Crippen molar-refractivity contribution in [1.82, 2.24) is 0 Å². The van der Waals surface area contributed by atoms with Crippen molar-refractivity contribution in [3.05, 3.63) is 47.5 Å². The van der Waals surface area contributed by atoms with Gasteiger partial charge >= 0.3 is 5.97 Å². The molecule has 0 heterocycles. The summed E-state index contributed by atoms with van der Waals surface area (Å²) >= 11 is 0. The van der Waals surface area contributed by atoms with Crippen LogP contribution in [0.4, 0.5) is 5.69 Å². The zero-order valence-electron chi connectivity index (χ0n) is 11.9. The van der Waals surface area contributed by atoms with E-state index in [1.165, 1.54) is 12.1 Å². The Kier molecular flexibility index (Phi) is 4.33. The summed E-state index contributed by atoms with van der Waals surface area (Å²) in [6.07, 6.45) is 0.874. The number of hydrogen-bond acceptors (Lipinski definition) is 4. The number of benzene rings is 2. The molecule has 2 rings (SSSR count). The van der Waals surface area contributed by atoms with Crippen molar-refractivity contribution in [1.29, 1.82) is 0 Å². The highest BCUT2D eigenvalue weighted by Gasteiger charge is 2.14. The van der Waals surface area contributed by atoms with E-state index < -0.39 is 5.97 Å². The van der Waals surface area contributed by atoms with Gasteiger partial charge in [0.1, 0.15) is 11.3 Å². The van der Waals surface area contributed by atoms with Gasteiger partial charge in [0, 0.05) is 5.69 Å². The van der Waals surface area contributed by atoms with Crippen molar-refractivity contribution in [2.75, 3.05) is 12.8 Å². The summed E-state index contributed by atoms with van der Waals surface area (Å²) < 4.78 is 11.0. The monoisotopic (exact) mass is 287 g/mol. The predicted molar refractivity (Wildman–Crippen MR) is 80.3 cm³/mol. The Bertz CT molecular complexity index is 667. The van der Waals surface area contributed by atoms with Crippen molar-refractivity contribution in [2.45, 2.75) is 13.3 Å². The molecule has 5 heteroatoms. The molecule has 0 saturated heterocycles. The van der Waals surface area contributed by atoms with Crippen LogP contribution in [0.25, 0.3) is 0 Å². The van der Waals surface area contributed by atoms with Gasteiger partial charge in [-0.3, -0.25) is 0 Å². The van der Waals surface area contributed by atoms with Crippen LogP contribution >= 0.6 is 0 Å². The molecule has 0 aliphatic carbocycles. The van der Waals surface area contributed by atoms with Crippen molar-refractivity contribution in [3.8, 4) is 17.2 Å². The van der Waals surface area contributed by atoms with E-state index in [0.29, 0.717) is 17.2 Å². The van der Waals surface area contributed by atoms with Crippen molar-refractivity contribution >= 4 is 11.7 Å². The zero-order chi connectivity index (χ0) is 15.4. The van der Waals surface area contributed by atoms with E-state index in [1.54, 1.807) is 19.2 Å². The lowest BCUT2D eigenvalue weighted by Crippen LogP contribution is -2.02. The van der Waals surface area contributed by atoms with E-state index in [2.05, 4.69) is 0 Å². The van der Waals surface area contributed by atoms with Gasteiger partial charge in [0.2, 0.25) is 0 Å². The van der Waals surface area contributed by atoms with Crippen LogP contribution in [-0.4, -0.2) is 18.2 Å². The van der Waals surface area contributed by atoms with Gasteiger partial charge in [-0.2, -0.15) is 0 Å². The second-order valence-corrected chi connectivity index (χ2v) is 4.50. The van der Waals surface area contributed by atoms with Gasteiger partial charge in [-0.05, 0) is 42.3 Å². The van der Waals surface area contributed by atoms with E-state index >= 15 is 0 Å². The van der Waals surface area contributed by atoms with Crippen LogP contribution in [0.3, 0.4) is 0 Å². The van der Waals surface area contributed by atoms with Crippen LogP contribution in [0, 0.1) is 0 Å². The summed E-state index contributed by atoms with van der Waals surface area (Å²) in [4.78, 5) is 11.3. The van der Waals surface area contributed by atoms with Crippen LogP contribution in [0.15, 0.2) is 36.4 Å². The molecule has 0 aromatic heterocycles. The molecule has 3 N–H and O–H groups in total. The highest BCUT2D eigenvalue weighted by molar-refractivity contribution is 5.92. The first-order valence-corrected chi connectivity index (χ1v) is 6.52. The Hall–Kier alpha value is -2.69. The van der Waals surface area contributed by atoms with Crippen LogP contribution in [-0.2, 0) is 6.42 Å². The lowest BCUT2D eigenvalue weighted by molar-refractivity contribution is 0.0694. The minimum absolute atomic E-state index is 0.0108. The number of ether oxygens (including phenoxy) is 2. The van der Waals surface area contributed by atoms with Gasteiger partial charge in [-0.15, -0.1) is 0 Å². The average molecular weight is 287 g/mol. The second-order valence-electron chi connectivity index (χ2n) is 4.50. The smallest absolute Gasteiger partial charge is 0.339 e. The van der Waals surface area contributed by atoms with E-state index in [4.69, 9.17) is 15.2 Å². The second kappa shape index (κ2) is 6.17. The molecule has 2 aromatic carbocycles. The number of carboxylic acids is 1. The predicted octanol–water partition coefficient (Wildman–Crippen LogP) is 3.33. The fourth-order valence-corrected chi connectivity index (χ4v) is 1.94. The van der Waals surface area contributed by atoms with Crippen molar-refractivity contribution in [2.24, 2.45) is 0 Å². The zero-order valence-corrected chi connectivity index (χ0v) is 11.9. The summed E-state index contributed by atoms with van der Waals surface area (Å²) in [7, 11) is 1.54. The number of nitrogens with two attached hydrogens (primary N) is 1. The van der Waals surface area contributed by atoms with Gasteiger partial charge < -0.3 is 20.3 Å². The topological polar surface area (TPSA) is 81.8 Å². The molecule has 21 heavy (non-hydrogen) atoms. The van der Waals surface area contributed by atoms with Gasteiger partial charge in [0.15, 0.2) is 11.5 Å². The first-order chi connectivity index (χ1) is 10.0. The third-order valence-electron chi connectivity index (χ3n) is 3.09. The summed E-state index contributed by atoms with van der Waals surface area (Å²) in [5.74, 6) is 0.144. The number of hydrogen-bond donors (Lipinski definition) is 2. The number of aromatic carboxylic acids is 1. The molecule has 0 fully saturated rings. The molecule has 5 nitrogen and oxygen atoms in total. The van der Waals surface area contributed by atoms with Gasteiger partial charge in [-0.25, -0.2) is 4.79 Å². The van der Waals surface area contributed by atoms with E-state index in [9.17, 15) is 9.90 Å². The fourth-order valence-electron chi connectivity index (χ4n) is 1.94. The van der Waals surface area contributed by atoms with Crippen molar-refractivity contribution < 1.29 is 19.4 Å². The van der Waals surface area contributed by atoms with Crippen LogP contribution < -0.4 is 15.2 Å². The molecule has 0 bridgehead atoms. The molecule has 0 aliphatic rings. The van der Waals surface area contributed by atoms with Crippen LogP contribution in [0.5, 0.6) is 17.2 Å². The van der Waals surface area contributed by atoms with E-state index in [-0.39, 0.29) is 11.3 Å². The normalized spacial score (nSPS) is 10.2. The highest BCUT2D eigenvalue weighted by Crippen LogP contribution is 2.34. The molecule has 0 radical (unpaired) electrons. The third-order valence-corrected chi connectivity index (χ3v) is 3.09. The summed E-state index contributed by atoms with van der Waals surface area (Å²) in [5.41, 5.74) is 7.09. The molecule has 2 aromatic rings. The maximum absolute atomic E-state index is 11.3. The fraction of sp³-hybridized carbons (Fsp3) is 0.188. The largest absolute Gasteiger partial charge is 0.493 e. The third kappa shape index (κ3) is 3.25. The molecule has 0 saturated carbocycles. The molecule has 0 spiro atoms. The standard InChI is InChI=1S/C16H17NO4/c1-3-10-4-6-14(15(8-10)20-2)21-13-7-5-11(17)9-12(13)16(18)19/h4-9H,3,17H2,1-2H3,(H,18,19). The molecule has 0 unspecified atom stereocenters. The maximum atomic E-state index is 11.3. The Labute approximate surface area is 122 Å². The van der Waals surface area contributed by atoms with E-state index in [0.717, 1.165) is 12.0 Å². The Morgan fingerprint density at radius 2 is 1.86 bits per heavy atom. The summed E-state index contributed by atoms with van der Waals surface area (Å²) in [5, 5.41) is 9.21. The molecular formula is C16H17NO4. The van der Waals surface area contributed by atoms with Crippen LogP contribution in [0.2, 0.25) is 0 Å². The Morgan fingerprint density at radius 3 is 2.48 bits per heavy atom. The first-order valence-electron chi connectivity index (χ1n) is 6.52. The first kappa shape index (κ1) is 14.7. The van der Waals surface area contributed by atoms with Crippen molar-refractivity contribution in [3.63, 3.8) is 0 Å². The number of anilines is 1. The number of carbonyl (C=O) groups is 1. The van der Waals surface area contributed by atoms with Crippen LogP contribution in [0.1, 0.15) is 22.8 Å². The highest BCUT2D eigenvalue weighted by atomic mass is 16.5. The number of aryl methyl sites for hydroxylation is 1. The molecule has 0 amide bonds. The maximum Gasteiger partial charge on any atom is 0.339 e. The molecule has 110 valence electrons. The number of rotatable bonds is 5. The average Bonchev–Trinajstić information content (AvgIpc) is 2.49. The molecule has 0 aliphatic heterocycles. The van der Waals surface area contributed by atoms with E-state index in [1.807, 2.05) is 19.1 Å². The SMILES string of the molecule is CCc1ccc(Oc2ccc(N)cc2C(=O)O)c(OC)c1. The van der Waals surface area contributed by atoms with Gasteiger partial charge in [0.05, 0.1) is 7.11 Å². The Morgan fingerprint density at radius 1 is 1.14 bits per heavy atom. The number of methoxy groups -OCH3 is 1. The quantitative estimate of drug-likeness (QED) is 0.824. The molecule has 0 atom stereocenters. The summed E-state index contributed by atoms with van der Waals surface area (Å²) in [6, 6.07) is 10.0. The lowest BCUT2D eigenvalue weighted by Gasteiger charge is -2.13. The molecular weight excluding hydrogens is 270 g/mol. The summed E-state index contributed by atoms with van der Waals surface area (Å²) in [6.45, 7) is 2.04. The number of nitrogen functional groups attached to an aromatic ring is 1. The minimum Gasteiger partial charge on any atom is -0.493 e. The van der Waals surface area contributed by atoms with Gasteiger partial charge in [0.25, 0.3) is 0 Å².